The number of hydrogen-bond donors (Lipinski definition) is 1. The Kier molecular flexibility index (Phi) is 3.63. The molecule has 0 aromatic rings. The van der Waals surface area contributed by atoms with E-state index in [1.165, 1.54) is 32.4 Å². The maximum Gasteiger partial charge on any atom is 0.00103 e. The molecule has 84 valence electrons. The highest BCUT2D eigenvalue weighted by molar-refractivity contribution is 4.97. The second kappa shape index (κ2) is 4.22. The fourth-order valence-corrected chi connectivity index (χ4v) is 1.92. The molecule has 0 saturated heterocycles. The van der Waals surface area contributed by atoms with Gasteiger partial charge in [-0.3, -0.25) is 0 Å². The van der Waals surface area contributed by atoms with E-state index in [0.29, 0.717) is 10.8 Å². The molecule has 1 aliphatic carbocycles. The Morgan fingerprint density at radius 3 is 2.14 bits per heavy atom. The summed E-state index contributed by atoms with van der Waals surface area (Å²) < 4.78 is 0. The lowest BCUT2D eigenvalue weighted by Crippen LogP contribution is -2.30. The van der Waals surface area contributed by atoms with Crippen LogP contribution in [0, 0.1) is 16.7 Å². The molecule has 0 aliphatic heterocycles. The van der Waals surface area contributed by atoms with Crippen LogP contribution in [0.25, 0.3) is 0 Å². The minimum atomic E-state index is 0.474. The number of nitrogens with one attached hydrogen (secondary N) is 1. The van der Waals surface area contributed by atoms with Gasteiger partial charge in [-0.2, -0.15) is 0 Å². The van der Waals surface area contributed by atoms with Crippen molar-refractivity contribution in [2.75, 3.05) is 13.1 Å². The van der Waals surface area contributed by atoms with Crippen molar-refractivity contribution >= 4 is 0 Å². The smallest absolute Gasteiger partial charge is 0.00103 e. The molecule has 0 unspecified atom stereocenters. The Morgan fingerprint density at radius 2 is 1.79 bits per heavy atom. The number of rotatable bonds is 5. The molecule has 0 radical (unpaired) electrons. The SMILES string of the molecule is CC(C)C1(CNCCC(C)(C)C)CC1. The quantitative estimate of drug-likeness (QED) is 0.666. The molecule has 0 atom stereocenters. The monoisotopic (exact) mass is 197 g/mol. The molecule has 1 N–H and O–H groups in total. The summed E-state index contributed by atoms with van der Waals surface area (Å²) in [6, 6.07) is 0. The number of hydrogen-bond acceptors (Lipinski definition) is 1. The summed E-state index contributed by atoms with van der Waals surface area (Å²) in [6.45, 7) is 14.1. The van der Waals surface area contributed by atoms with E-state index in [-0.39, 0.29) is 0 Å². The normalized spacial score (nSPS) is 20.1. The third-order valence-corrected chi connectivity index (χ3v) is 3.65. The molecule has 1 aliphatic rings. The molecular weight excluding hydrogens is 170 g/mol. The molecule has 1 nitrogen and oxygen atoms in total. The van der Waals surface area contributed by atoms with E-state index >= 15 is 0 Å². The van der Waals surface area contributed by atoms with E-state index < -0.39 is 0 Å². The molecule has 0 bridgehead atoms. The van der Waals surface area contributed by atoms with Gasteiger partial charge in [0.15, 0.2) is 0 Å². The second-order valence-electron chi connectivity index (χ2n) is 6.50. The highest BCUT2D eigenvalue weighted by Crippen LogP contribution is 2.51. The van der Waals surface area contributed by atoms with E-state index in [9.17, 15) is 0 Å². The predicted molar refractivity (Wildman–Crippen MR) is 63.4 cm³/mol. The molecule has 0 heterocycles. The molecule has 0 aromatic carbocycles. The van der Waals surface area contributed by atoms with Gasteiger partial charge in [0.05, 0.1) is 0 Å². The maximum absolute atomic E-state index is 3.63. The van der Waals surface area contributed by atoms with Gasteiger partial charge in [0.25, 0.3) is 0 Å². The van der Waals surface area contributed by atoms with E-state index in [2.05, 4.69) is 39.9 Å². The molecule has 1 heteroatoms. The Balaban J connectivity index is 2.10. The van der Waals surface area contributed by atoms with Crippen LogP contribution in [-0.4, -0.2) is 13.1 Å². The van der Waals surface area contributed by atoms with Crippen molar-refractivity contribution in [2.24, 2.45) is 16.7 Å². The summed E-state index contributed by atoms with van der Waals surface area (Å²) in [6.07, 6.45) is 4.15. The van der Waals surface area contributed by atoms with Crippen molar-refractivity contribution in [3.8, 4) is 0 Å². The van der Waals surface area contributed by atoms with E-state index in [1.54, 1.807) is 0 Å². The molecule has 1 saturated carbocycles. The third-order valence-electron chi connectivity index (χ3n) is 3.65. The summed E-state index contributed by atoms with van der Waals surface area (Å²) in [7, 11) is 0. The van der Waals surface area contributed by atoms with Crippen molar-refractivity contribution in [1.82, 2.24) is 5.32 Å². The zero-order valence-electron chi connectivity index (χ0n) is 10.6. The molecule has 0 aromatic heterocycles. The van der Waals surface area contributed by atoms with Gasteiger partial charge in [0.2, 0.25) is 0 Å². The van der Waals surface area contributed by atoms with Gasteiger partial charge in [-0.25, -0.2) is 0 Å². The van der Waals surface area contributed by atoms with Gasteiger partial charge in [-0.15, -0.1) is 0 Å². The first-order valence-corrected chi connectivity index (χ1v) is 6.06. The van der Waals surface area contributed by atoms with Crippen LogP contribution in [0.5, 0.6) is 0 Å². The van der Waals surface area contributed by atoms with Crippen molar-refractivity contribution in [2.45, 2.75) is 53.9 Å². The summed E-state index contributed by atoms with van der Waals surface area (Å²) in [5.41, 5.74) is 1.14. The second-order valence-corrected chi connectivity index (χ2v) is 6.50. The Labute approximate surface area is 89.7 Å². The molecule has 1 fully saturated rings. The van der Waals surface area contributed by atoms with Crippen LogP contribution in [0.15, 0.2) is 0 Å². The summed E-state index contributed by atoms with van der Waals surface area (Å²) in [5.74, 6) is 0.852. The first-order chi connectivity index (χ1) is 6.36. The summed E-state index contributed by atoms with van der Waals surface area (Å²) in [4.78, 5) is 0. The van der Waals surface area contributed by atoms with Gasteiger partial charge in [0.1, 0.15) is 0 Å². The first-order valence-electron chi connectivity index (χ1n) is 6.06. The van der Waals surface area contributed by atoms with E-state index in [4.69, 9.17) is 0 Å². The lowest BCUT2D eigenvalue weighted by atomic mass is 9.91. The standard InChI is InChI=1S/C13H27N/c1-11(2)13(6-7-13)10-14-9-8-12(3,4)5/h11,14H,6-10H2,1-5H3. The first kappa shape index (κ1) is 12.0. The third kappa shape index (κ3) is 3.61. The summed E-state index contributed by atoms with van der Waals surface area (Å²) in [5, 5.41) is 3.63. The lowest BCUT2D eigenvalue weighted by Gasteiger charge is -2.22. The predicted octanol–water partition coefficient (Wildman–Crippen LogP) is 3.45. The molecule has 0 spiro atoms. The van der Waals surface area contributed by atoms with E-state index in [0.717, 1.165) is 5.92 Å². The van der Waals surface area contributed by atoms with Crippen molar-refractivity contribution in [1.29, 1.82) is 0 Å². The Hall–Kier alpha value is -0.0400. The van der Waals surface area contributed by atoms with Crippen LogP contribution in [0.1, 0.15) is 53.9 Å². The van der Waals surface area contributed by atoms with E-state index in [1.807, 2.05) is 0 Å². The van der Waals surface area contributed by atoms with Gasteiger partial charge in [-0.1, -0.05) is 34.6 Å². The van der Waals surface area contributed by atoms with Gasteiger partial charge in [0, 0.05) is 6.54 Å². The van der Waals surface area contributed by atoms with Gasteiger partial charge >= 0.3 is 0 Å². The summed E-state index contributed by atoms with van der Waals surface area (Å²) >= 11 is 0. The van der Waals surface area contributed by atoms with Crippen molar-refractivity contribution in [3.63, 3.8) is 0 Å². The zero-order valence-corrected chi connectivity index (χ0v) is 10.6. The fraction of sp³-hybridized carbons (Fsp3) is 1.00. The van der Waals surface area contributed by atoms with Crippen molar-refractivity contribution < 1.29 is 0 Å². The lowest BCUT2D eigenvalue weighted by molar-refractivity contribution is 0.315. The topological polar surface area (TPSA) is 12.0 Å². The van der Waals surface area contributed by atoms with Crippen LogP contribution in [-0.2, 0) is 0 Å². The average Bonchev–Trinajstić information content (AvgIpc) is 2.77. The van der Waals surface area contributed by atoms with Crippen LogP contribution in [0.4, 0.5) is 0 Å². The van der Waals surface area contributed by atoms with Crippen molar-refractivity contribution in [3.05, 3.63) is 0 Å². The molecule has 1 rings (SSSR count). The van der Waals surface area contributed by atoms with Crippen LogP contribution in [0.3, 0.4) is 0 Å². The molecule has 14 heavy (non-hydrogen) atoms. The molecule has 0 amide bonds. The van der Waals surface area contributed by atoms with Crippen LogP contribution < -0.4 is 5.32 Å². The maximum atomic E-state index is 3.63. The largest absolute Gasteiger partial charge is 0.316 e. The average molecular weight is 197 g/mol. The van der Waals surface area contributed by atoms with Crippen LogP contribution >= 0.6 is 0 Å². The zero-order chi connectivity index (χ0) is 10.8. The highest BCUT2D eigenvalue weighted by atomic mass is 14.9. The Bertz CT molecular complexity index is 172. The highest BCUT2D eigenvalue weighted by Gasteiger charge is 2.44. The minimum Gasteiger partial charge on any atom is -0.316 e. The van der Waals surface area contributed by atoms with Gasteiger partial charge in [-0.05, 0) is 42.6 Å². The minimum absolute atomic E-state index is 0.474. The molecular formula is C13H27N. The fourth-order valence-electron chi connectivity index (χ4n) is 1.92. The van der Waals surface area contributed by atoms with Crippen LogP contribution in [0.2, 0.25) is 0 Å². The Morgan fingerprint density at radius 1 is 1.21 bits per heavy atom. The van der Waals surface area contributed by atoms with Gasteiger partial charge < -0.3 is 5.32 Å².